The molecule has 0 spiro atoms. The number of carbonyl (C=O) groups is 2. The van der Waals surface area contributed by atoms with Gasteiger partial charge in [0.15, 0.2) is 0 Å². The number of hydrogen-bond acceptors (Lipinski definition) is 2. The summed E-state index contributed by atoms with van der Waals surface area (Å²) in [7, 11) is 0. The van der Waals surface area contributed by atoms with Gasteiger partial charge in [-0.3, -0.25) is 9.59 Å². The smallest absolute Gasteiger partial charge is 0.306 e. The van der Waals surface area contributed by atoms with Crippen LogP contribution in [-0.4, -0.2) is 26.5 Å². The predicted octanol–water partition coefficient (Wildman–Crippen LogP) is 1.11. The number of halogens is 2. The molecule has 0 aromatic carbocycles. The molecule has 0 atom stereocenters. The Morgan fingerprint density at radius 1 is 1.09 bits per heavy atom. The Labute approximate surface area is 72.7 Å². The van der Waals surface area contributed by atoms with Crippen LogP contribution in [0.15, 0.2) is 0 Å². The fraction of sp³-hybridized carbons (Fsp3) is 0.600. The van der Waals surface area contributed by atoms with Crippen LogP contribution in [0.2, 0.25) is 0 Å². The third-order valence-electron chi connectivity index (χ3n) is 0.820. The molecule has 0 bridgehead atoms. The highest BCUT2D eigenvalue weighted by Crippen LogP contribution is 2.28. The van der Waals surface area contributed by atoms with Gasteiger partial charge in [0.2, 0.25) is 0 Å². The van der Waals surface area contributed by atoms with Gasteiger partial charge in [-0.1, -0.05) is 0 Å². The summed E-state index contributed by atoms with van der Waals surface area (Å²) in [6.45, 7) is 0. The SMILES string of the molecule is O=C(O)CC(Cl)(Cl)CC(=O)O. The van der Waals surface area contributed by atoms with Crippen LogP contribution in [0.4, 0.5) is 0 Å². The number of hydrogen-bond donors (Lipinski definition) is 2. The van der Waals surface area contributed by atoms with E-state index in [1.807, 2.05) is 0 Å². The molecule has 0 heterocycles. The highest BCUT2D eigenvalue weighted by molar-refractivity contribution is 6.49. The molecule has 0 unspecified atom stereocenters. The molecule has 0 saturated heterocycles. The largest absolute Gasteiger partial charge is 0.481 e. The molecular formula is C5H6Cl2O4. The zero-order valence-corrected chi connectivity index (χ0v) is 6.89. The highest BCUT2D eigenvalue weighted by Gasteiger charge is 2.30. The first-order valence-corrected chi connectivity index (χ1v) is 3.40. The summed E-state index contributed by atoms with van der Waals surface area (Å²) >= 11 is 10.7. The van der Waals surface area contributed by atoms with Crippen molar-refractivity contribution in [3.63, 3.8) is 0 Å². The second-order valence-corrected chi connectivity index (χ2v) is 3.64. The molecule has 0 saturated carbocycles. The molecule has 0 rings (SSSR count). The lowest BCUT2D eigenvalue weighted by atomic mass is 10.2. The lowest BCUT2D eigenvalue weighted by Crippen LogP contribution is -2.22. The summed E-state index contributed by atoms with van der Waals surface area (Å²) in [5, 5.41) is 16.4. The van der Waals surface area contributed by atoms with E-state index in [-0.39, 0.29) is 0 Å². The summed E-state index contributed by atoms with van der Waals surface area (Å²) in [4.78, 5) is 20.1. The maximum Gasteiger partial charge on any atom is 0.306 e. The fourth-order valence-electron chi connectivity index (χ4n) is 0.505. The van der Waals surface area contributed by atoms with Gasteiger partial charge in [0.1, 0.15) is 4.33 Å². The van der Waals surface area contributed by atoms with Gasteiger partial charge >= 0.3 is 11.9 Å². The van der Waals surface area contributed by atoms with E-state index in [9.17, 15) is 9.59 Å². The summed E-state index contributed by atoms with van der Waals surface area (Å²) in [6.07, 6.45) is -1.16. The van der Waals surface area contributed by atoms with Crippen LogP contribution >= 0.6 is 23.2 Å². The fourth-order valence-corrected chi connectivity index (χ4v) is 0.962. The van der Waals surface area contributed by atoms with E-state index in [4.69, 9.17) is 33.4 Å². The zero-order chi connectivity index (χ0) is 9.07. The standard InChI is InChI=1S/C5H6Cl2O4/c6-5(7,1-3(8)9)2-4(10)11/h1-2H2,(H,8,9)(H,10,11). The van der Waals surface area contributed by atoms with Crippen LogP contribution in [0.1, 0.15) is 12.8 Å². The van der Waals surface area contributed by atoms with Crippen LogP contribution in [0.25, 0.3) is 0 Å². The van der Waals surface area contributed by atoms with E-state index in [0.29, 0.717) is 0 Å². The van der Waals surface area contributed by atoms with Crippen LogP contribution in [-0.2, 0) is 9.59 Å². The third-order valence-corrected chi connectivity index (χ3v) is 1.35. The molecule has 0 aliphatic heterocycles. The average molecular weight is 201 g/mol. The monoisotopic (exact) mass is 200 g/mol. The van der Waals surface area contributed by atoms with Crippen molar-refractivity contribution >= 4 is 35.1 Å². The first-order valence-electron chi connectivity index (χ1n) is 2.65. The molecule has 4 nitrogen and oxygen atoms in total. The molecule has 0 aliphatic carbocycles. The van der Waals surface area contributed by atoms with Crippen molar-refractivity contribution in [1.82, 2.24) is 0 Å². The first kappa shape index (κ1) is 10.5. The second-order valence-electron chi connectivity index (χ2n) is 2.00. The van der Waals surface area contributed by atoms with Gasteiger partial charge in [-0.25, -0.2) is 0 Å². The highest BCUT2D eigenvalue weighted by atomic mass is 35.5. The average Bonchev–Trinajstić information content (AvgIpc) is 1.53. The summed E-state index contributed by atoms with van der Waals surface area (Å²) in [5.74, 6) is -2.45. The number of aliphatic carboxylic acids is 2. The molecule has 11 heavy (non-hydrogen) atoms. The van der Waals surface area contributed by atoms with Gasteiger partial charge in [0.25, 0.3) is 0 Å². The third kappa shape index (κ3) is 5.94. The minimum absolute atomic E-state index is 0.581. The van der Waals surface area contributed by atoms with Crippen LogP contribution in [0.5, 0.6) is 0 Å². The van der Waals surface area contributed by atoms with Crippen molar-refractivity contribution in [2.75, 3.05) is 0 Å². The Hall–Kier alpha value is -0.480. The predicted molar refractivity (Wildman–Crippen MR) is 38.9 cm³/mol. The molecule has 0 fully saturated rings. The molecule has 2 N–H and O–H groups in total. The molecule has 6 heteroatoms. The van der Waals surface area contributed by atoms with Crippen molar-refractivity contribution in [1.29, 1.82) is 0 Å². The van der Waals surface area contributed by atoms with E-state index >= 15 is 0 Å². The van der Waals surface area contributed by atoms with E-state index < -0.39 is 29.1 Å². The van der Waals surface area contributed by atoms with Gasteiger partial charge in [0, 0.05) is 0 Å². The van der Waals surface area contributed by atoms with Crippen LogP contribution in [0.3, 0.4) is 0 Å². The summed E-state index contributed by atoms with van der Waals surface area (Å²) in [6, 6.07) is 0. The van der Waals surface area contributed by atoms with E-state index in [2.05, 4.69) is 0 Å². The molecule has 0 aliphatic rings. The van der Waals surface area contributed by atoms with E-state index in [1.54, 1.807) is 0 Å². The molecule has 0 aromatic rings. The van der Waals surface area contributed by atoms with Gasteiger partial charge in [-0.2, -0.15) is 0 Å². The van der Waals surface area contributed by atoms with Gasteiger partial charge in [0.05, 0.1) is 12.8 Å². The molecular weight excluding hydrogens is 195 g/mol. The van der Waals surface area contributed by atoms with Gasteiger partial charge in [-0.15, -0.1) is 23.2 Å². The second kappa shape index (κ2) is 3.78. The minimum atomic E-state index is -1.71. The Balaban J connectivity index is 3.99. The topological polar surface area (TPSA) is 74.6 Å². The van der Waals surface area contributed by atoms with Crippen molar-refractivity contribution < 1.29 is 19.8 Å². The summed E-state index contributed by atoms with van der Waals surface area (Å²) in [5.41, 5.74) is 0. The van der Waals surface area contributed by atoms with Crippen LogP contribution < -0.4 is 0 Å². The van der Waals surface area contributed by atoms with E-state index in [0.717, 1.165) is 0 Å². The van der Waals surface area contributed by atoms with Crippen molar-refractivity contribution in [2.45, 2.75) is 17.2 Å². The first-order chi connectivity index (χ1) is 4.83. The number of rotatable bonds is 4. The Kier molecular flexibility index (Phi) is 3.62. The zero-order valence-electron chi connectivity index (χ0n) is 5.38. The summed E-state index contributed by atoms with van der Waals surface area (Å²) < 4.78 is -1.71. The normalized spacial score (nSPS) is 11.1. The molecule has 0 amide bonds. The van der Waals surface area contributed by atoms with E-state index in [1.165, 1.54) is 0 Å². The van der Waals surface area contributed by atoms with Crippen molar-refractivity contribution in [3.8, 4) is 0 Å². The molecule has 64 valence electrons. The van der Waals surface area contributed by atoms with Crippen LogP contribution in [0, 0.1) is 0 Å². The van der Waals surface area contributed by atoms with Crippen molar-refractivity contribution in [3.05, 3.63) is 0 Å². The lowest BCUT2D eigenvalue weighted by molar-refractivity contribution is -0.138. The maximum atomic E-state index is 10.0. The minimum Gasteiger partial charge on any atom is -0.481 e. The number of alkyl halides is 2. The lowest BCUT2D eigenvalue weighted by Gasteiger charge is -2.13. The number of carboxylic acid groups (broad SMARTS) is 2. The Bertz CT molecular complexity index is 159. The maximum absolute atomic E-state index is 10.0. The van der Waals surface area contributed by atoms with Gasteiger partial charge < -0.3 is 10.2 Å². The Morgan fingerprint density at radius 3 is 1.55 bits per heavy atom. The molecule has 0 aromatic heterocycles. The van der Waals surface area contributed by atoms with Crippen molar-refractivity contribution in [2.24, 2.45) is 0 Å². The quantitative estimate of drug-likeness (QED) is 0.668. The van der Waals surface area contributed by atoms with Gasteiger partial charge in [-0.05, 0) is 0 Å². The number of carboxylic acids is 2. The Morgan fingerprint density at radius 2 is 1.36 bits per heavy atom. The molecule has 0 radical (unpaired) electrons.